The third-order valence-electron chi connectivity index (χ3n) is 2.86. The molecule has 0 amide bonds. The Kier molecular flexibility index (Phi) is 3.28. The number of hydrogen-bond donors (Lipinski definition) is 1. The molecule has 0 aliphatic rings. The third-order valence-corrected chi connectivity index (χ3v) is 2.86. The van der Waals surface area contributed by atoms with Crippen molar-refractivity contribution < 1.29 is 5.11 Å². The topological polar surface area (TPSA) is 55.9 Å². The molecule has 0 aliphatic carbocycles. The molecule has 2 aromatic rings. The van der Waals surface area contributed by atoms with Gasteiger partial charge in [0.25, 0.3) is 0 Å². The van der Waals surface area contributed by atoms with E-state index in [0.717, 1.165) is 23.5 Å². The van der Waals surface area contributed by atoms with Crippen molar-refractivity contribution in [2.75, 3.05) is 0 Å². The summed E-state index contributed by atoms with van der Waals surface area (Å²) >= 11 is 0. The average molecular weight is 234 g/mol. The Balaban J connectivity index is 2.10. The molecule has 0 aliphatic heterocycles. The van der Waals surface area contributed by atoms with Gasteiger partial charge in [0.15, 0.2) is 0 Å². The van der Waals surface area contributed by atoms with Crippen molar-refractivity contribution in [2.45, 2.75) is 32.9 Å². The summed E-state index contributed by atoms with van der Waals surface area (Å²) in [5, 5.41) is 18.5. The van der Waals surface area contributed by atoms with Gasteiger partial charge in [-0.2, -0.15) is 10.2 Å². The Labute approximate surface area is 101 Å². The number of nitrogens with zero attached hydrogens (tertiary/aromatic N) is 4. The maximum atomic E-state index is 10.1. The van der Waals surface area contributed by atoms with E-state index in [2.05, 4.69) is 10.2 Å². The molecule has 5 heteroatoms. The zero-order chi connectivity index (χ0) is 12.4. The highest BCUT2D eigenvalue weighted by molar-refractivity contribution is 5.15. The number of aromatic nitrogens is 4. The lowest BCUT2D eigenvalue weighted by Gasteiger charge is -2.08. The first-order valence-corrected chi connectivity index (χ1v) is 5.80. The van der Waals surface area contributed by atoms with Gasteiger partial charge in [-0.3, -0.25) is 9.36 Å². The van der Waals surface area contributed by atoms with Gasteiger partial charge in [-0.1, -0.05) is 0 Å². The largest absolute Gasteiger partial charge is 0.388 e. The number of aryl methyl sites for hydroxylation is 3. The van der Waals surface area contributed by atoms with E-state index >= 15 is 0 Å². The van der Waals surface area contributed by atoms with Crippen LogP contribution in [0, 0.1) is 6.92 Å². The lowest BCUT2D eigenvalue weighted by Crippen LogP contribution is -2.05. The molecule has 0 bridgehead atoms. The van der Waals surface area contributed by atoms with Crippen LogP contribution in [0.4, 0.5) is 0 Å². The summed E-state index contributed by atoms with van der Waals surface area (Å²) in [7, 11) is 1.89. The molecule has 92 valence electrons. The minimum absolute atomic E-state index is 0.523. The van der Waals surface area contributed by atoms with Gasteiger partial charge >= 0.3 is 0 Å². The summed E-state index contributed by atoms with van der Waals surface area (Å²) in [6.07, 6.45) is 3.64. The normalized spacial score (nSPS) is 12.9. The van der Waals surface area contributed by atoms with E-state index < -0.39 is 6.10 Å². The van der Waals surface area contributed by atoms with Crippen LogP contribution >= 0.6 is 0 Å². The zero-order valence-corrected chi connectivity index (χ0v) is 10.5. The van der Waals surface area contributed by atoms with Gasteiger partial charge < -0.3 is 5.11 Å². The predicted octanol–water partition coefficient (Wildman–Crippen LogP) is 1.22. The smallest absolute Gasteiger partial charge is 0.0875 e. The molecule has 5 nitrogen and oxygen atoms in total. The lowest BCUT2D eigenvalue weighted by atomic mass is 10.1. The molecule has 2 rings (SSSR count). The first kappa shape index (κ1) is 11.9. The lowest BCUT2D eigenvalue weighted by molar-refractivity contribution is 0.175. The SMILES string of the molecule is CCn1cc(C(O)Cc2cc(C)nn2C)cn1. The fourth-order valence-electron chi connectivity index (χ4n) is 1.90. The Morgan fingerprint density at radius 3 is 2.76 bits per heavy atom. The van der Waals surface area contributed by atoms with Crippen LogP contribution < -0.4 is 0 Å². The van der Waals surface area contributed by atoms with E-state index in [1.807, 2.05) is 42.5 Å². The number of aliphatic hydroxyl groups excluding tert-OH is 1. The van der Waals surface area contributed by atoms with E-state index in [4.69, 9.17) is 0 Å². The van der Waals surface area contributed by atoms with E-state index in [0.29, 0.717) is 6.42 Å². The molecule has 17 heavy (non-hydrogen) atoms. The van der Waals surface area contributed by atoms with Crippen LogP contribution in [0.3, 0.4) is 0 Å². The van der Waals surface area contributed by atoms with Gasteiger partial charge in [0.2, 0.25) is 0 Å². The Morgan fingerprint density at radius 2 is 2.24 bits per heavy atom. The molecule has 0 fully saturated rings. The number of aliphatic hydroxyl groups is 1. The molecule has 2 aromatic heterocycles. The van der Waals surface area contributed by atoms with Crippen molar-refractivity contribution in [3.63, 3.8) is 0 Å². The van der Waals surface area contributed by atoms with Gasteiger partial charge in [0.05, 0.1) is 18.0 Å². The molecular weight excluding hydrogens is 216 g/mol. The van der Waals surface area contributed by atoms with Crippen LogP contribution in [0.2, 0.25) is 0 Å². The number of rotatable bonds is 4. The quantitative estimate of drug-likeness (QED) is 0.865. The summed E-state index contributed by atoms with van der Waals surface area (Å²) in [5.74, 6) is 0. The van der Waals surface area contributed by atoms with Crippen LogP contribution in [0.5, 0.6) is 0 Å². The zero-order valence-electron chi connectivity index (χ0n) is 10.5. The minimum Gasteiger partial charge on any atom is -0.388 e. The van der Waals surface area contributed by atoms with Crippen molar-refractivity contribution in [2.24, 2.45) is 7.05 Å². The second kappa shape index (κ2) is 4.71. The van der Waals surface area contributed by atoms with Gasteiger partial charge in [-0.05, 0) is 19.9 Å². The fraction of sp³-hybridized carbons (Fsp3) is 0.500. The summed E-state index contributed by atoms with van der Waals surface area (Å²) in [4.78, 5) is 0. The van der Waals surface area contributed by atoms with Gasteiger partial charge in [-0.15, -0.1) is 0 Å². The fourth-order valence-corrected chi connectivity index (χ4v) is 1.90. The summed E-state index contributed by atoms with van der Waals surface area (Å²) in [5.41, 5.74) is 2.85. The van der Waals surface area contributed by atoms with Crippen molar-refractivity contribution in [3.8, 4) is 0 Å². The van der Waals surface area contributed by atoms with Gasteiger partial charge in [0, 0.05) is 37.5 Å². The molecule has 0 spiro atoms. The molecule has 1 N–H and O–H groups in total. The van der Waals surface area contributed by atoms with E-state index in [1.165, 1.54) is 0 Å². The molecule has 0 saturated heterocycles. The van der Waals surface area contributed by atoms with Crippen molar-refractivity contribution in [1.29, 1.82) is 0 Å². The first-order valence-electron chi connectivity index (χ1n) is 5.80. The molecule has 1 unspecified atom stereocenters. The molecular formula is C12H18N4O. The van der Waals surface area contributed by atoms with Crippen LogP contribution in [-0.2, 0) is 20.0 Å². The van der Waals surface area contributed by atoms with Crippen molar-refractivity contribution >= 4 is 0 Å². The maximum Gasteiger partial charge on any atom is 0.0875 e. The van der Waals surface area contributed by atoms with Crippen molar-refractivity contribution in [3.05, 3.63) is 35.4 Å². The Morgan fingerprint density at radius 1 is 1.47 bits per heavy atom. The highest BCUT2D eigenvalue weighted by Gasteiger charge is 2.13. The maximum absolute atomic E-state index is 10.1. The van der Waals surface area contributed by atoms with E-state index in [-0.39, 0.29) is 0 Å². The monoisotopic (exact) mass is 234 g/mol. The average Bonchev–Trinajstić information content (AvgIpc) is 2.86. The second-order valence-electron chi connectivity index (χ2n) is 4.25. The predicted molar refractivity (Wildman–Crippen MR) is 64.5 cm³/mol. The molecule has 1 atom stereocenters. The van der Waals surface area contributed by atoms with Gasteiger partial charge in [-0.25, -0.2) is 0 Å². The second-order valence-corrected chi connectivity index (χ2v) is 4.25. The summed E-state index contributed by atoms with van der Waals surface area (Å²) < 4.78 is 3.62. The summed E-state index contributed by atoms with van der Waals surface area (Å²) in [6, 6.07) is 1.99. The number of hydrogen-bond acceptors (Lipinski definition) is 3. The van der Waals surface area contributed by atoms with Crippen LogP contribution in [0.1, 0.15) is 30.0 Å². The Bertz CT molecular complexity index is 500. The van der Waals surface area contributed by atoms with Gasteiger partial charge in [0.1, 0.15) is 0 Å². The first-order chi connectivity index (χ1) is 8.10. The standard InChI is InChI=1S/C12H18N4O/c1-4-16-8-10(7-13-16)12(17)6-11-5-9(2)14-15(11)3/h5,7-8,12,17H,4,6H2,1-3H3. The van der Waals surface area contributed by atoms with Crippen LogP contribution in [0.15, 0.2) is 18.5 Å². The highest BCUT2D eigenvalue weighted by Crippen LogP contribution is 2.17. The minimum atomic E-state index is -0.523. The van der Waals surface area contributed by atoms with Crippen LogP contribution in [-0.4, -0.2) is 24.7 Å². The van der Waals surface area contributed by atoms with E-state index in [9.17, 15) is 5.11 Å². The highest BCUT2D eigenvalue weighted by atomic mass is 16.3. The van der Waals surface area contributed by atoms with E-state index in [1.54, 1.807) is 6.20 Å². The Hall–Kier alpha value is -1.62. The van der Waals surface area contributed by atoms with Crippen LogP contribution in [0.25, 0.3) is 0 Å². The van der Waals surface area contributed by atoms with Crippen molar-refractivity contribution in [1.82, 2.24) is 19.6 Å². The third kappa shape index (κ3) is 2.55. The summed E-state index contributed by atoms with van der Waals surface area (Å²) in [6.45, 7) is 4.79. The molecule has 0 saturated carbocycles. The molecule has 0 aromatic carbocycles. The molecule has 2 heterocycles. The molecule has 0 radical (unpaired) electrons.